The topological polar surface area (TPSA) is 131 Å². The van der Waals surface area contributed by atoms with E-state index in [0.717, 1.165) is 13.1 Å². The van der Waals surface area contributed by atoms with E-state index in [9.17, 15) is 18.3 Å². The van der Waals surface area contributed by atoms with Crippen LogP contribution in [0, 0.1) is 0 Å². The first-order chi connectivity index (χ1) is 15.2. The third kappa shape index (κ3) is 5.28. The van der Waals surface area contributed by atoms with Crippen LogP contribution in [0.15, 0.2) is 47.5 Å². The van der Waals surface area contributed by atoms with Crippen molar-refractivity contribution in [2.75, 3.05) is 18.4 Å². The highest BCUT2D eigenvalue weighted by Gasteiger charge is 2.21. The van der Waals surface area contributed by atoms with E-state index < -0.39 is 10.0 Å². The van der Waals surface area contributed by atoms with Gasteiger partial charge in [0.15, 0.2) is 0 Å². The number of benzene rings is 2. The van der Waals surface area contributed by atoms with Gasteiger partial charge in [0.2, 0.25) is 15.9 Å². The maximum absolute atomic E-state index is 12.5. The van der Waals surface area contributed by atoms with Crippen molar-refractivity contribution in [2.45, 2.75) is 36.9 Å². The number of nitrogens with two attached hydrogens (primary N) is 1. The molecule has 1 aromatic heterocycles. The number of rotatable bonds is 6. The van der Waals surface area contributed by atoms with E-state index >= 15 is 0 Å². The summed E-state index contributed by atoms with van der Waals surface area (Å²) in [5, 5.41) is 23.2. The number of aliphatic hydroxyl groups excluding tert-OH is 1. The number of primary sulfonamides is 1. The lowest BCUT2D eigenvalue weighted by molar-refractivity contribution is -0.115. The molecule has 0 spiro atoms. The minimum Gasteiger partial charge on any atom is -0.393 e. The van der Waals surface area contributed by atoms with Gasteiger partial charge in [0, 0.05) is 35.4 Å². The molecule has 3 aromatic rings. The molecule has 1 fully saturated rings. The molecule has 0 bridgehead atoms. The van der Waals surface area contributed by atoms with Crippen molar-refractivity contribution in [3.05, 3.63) is 53.2 Å². The summed E-state index contributed by atoms with van der Waals surface area (Å²) in [6, 6.07) is 9.97. The lowest BCUT2D eigenvalue weighted by atomic mass is 10.1. The zero-order valence-electron chi connectivity index (χ0n) is 17.2. The van der Waals surface area contributed by atoms with Crippen LogP contribution in [0.2, 0.25) is 5.02 Å². The highest BCUT2D eigenvalue weighted by atomic mass is 35.5. The van der Waals surface area contributed by atoms with Gasteiger partial charge in [-0.2, -0.15) is 5.10 Å². The minimum absolute atomic E-state index is 0.0394. The quantitative estimate of drug-likeness (QED) is 0.497. The molecule has 1 saturated heterocycles. The Morgan fingerprint density at radius 2 is 1.97 bits per heavy atom. The van der Waals surface area contributed by atoms with Crippen LogP contribution in [-0.2, 0) is 27.9 Å². The Bertz CT molecular complexity index is 1250. The predicted octanol–water partition coefficient (Wildman–Crippen LogP) is 1.93. The molecule has 0 aliphatic carbocycles. The molecule has 0 unspecified atom stereocenters. The van der Waals surface area contributed by atoms with Crippen LogP contribution in [0.3, 0.4) is 0 Å². The zero-order chi connectivity index (χ0) is 22.9. The number of anilines is 1. The minimum atomic E-state index is -4.05. The standard InChI is InChI=1S/C21H24ClN5O4S/c22-18-4-2-1-3-14(18)9-21(29)24-15-10-19-17(20(11-15)32(23,30)31)12-27(25-19)13-26-7-5-16(28)6-8-26/h1-4,10-12,16,28H,5-9,13H2,(H,24,29)(H2,23,30,31). The van der Waals surface area contributed by atoms with Crippen molar-refractivity contribution in [3.63, 3.8) is 0 Å². The Kier molecular flexibility index (Phi) is 6.50. The van der Waals surface area contributed by atoms with Gasteiger partial charge < -0.3 is 10.4 Å². The number of piperidine rings is 1. The molecule has 2 heterocycles. The molecule has 1 aliphatic heterocycles. The Labute approximate surface area is 190 Å². The fourth-order valence-electron chi connectivity index (χ4n) is 3.81. The number of likely N-dealkylation sites (tertiary alicyclic amines) is 1. The summed E-state index contributed by atoms with van der Waals surface area (Å²) in [5.74, 6) is -0.343. The molecule has 2 aromatic carbocycles. The fraction of sp³-hybridized carbons (Fsp3) is 0.333. The second-order valence-electron chi connectivity index (χ2n) is 7.93. The van der Waals surface area contributed by atoms with E-state index in [2.05, 4.69) is 15.3 Å². The van der Waals surface area contributed by atoms with Gasteiger partial charge in [-0.1, -0.05) is 29.8 Å². The molecule has 4 rings (SSSR count). The second-order valence-corrected chi connectivity index (χ2v) is 9.86. The van der Waals surface area contributed by atoms with Gasteiger partial charge >= 0.3 is 0 Å². The molecular formula is C21H24ClN5O4S. The van der Waals surface area contributed by atoms with Crippen LogP contribution >= 0.6 is 11.6 Å². The third-order valence-electron chi connectivity index (χ3n) is 5.44. The average Bonchev–Trinajstić information content (AvgIpc) is 3.12. The van der Waals surface area contributed by atoms with Crippen molar-refractivity contribution in [1.82, 2.24) is 14.7 Å². The number of nitrogens with zero attached hydrogens (tertiary/aromatic N) is 3. The number of halogens is 1. The van der Waals surface area contributed by atoms with Crippen molar-refractivity contribution in [2.24, 2.45) is 5.14 Å². The fourth-order valence-corrected chi connectivity index (χ4v) is 4.76. The van der Waals surface area contributed by atoms with Crippen LogP contribution in [-0.4, -0.2) is 53.3 Å². The van der Waals surface area contributed by atoms with E-state index in [0.29, 0.717) is 41.0 Å². The van der Waals surface area contributed by atoms with Crippen LogP contribution < -0.4 is 10.5 Å². The van der Waals surface area contributed by atoms with E-state index in [-0.39, 0.29) is 29.0 Å². The van der Waals surface area contributed by atoms with Crippen molar-refractivity contribution in [3.8, 4) is 0 Å². The molecule has 0 saturated carbocycles. The molecule has 1 amide bonds. The van der Waals surface area contributed by atoms with Crippen LogP contribution in [0.25, 0.3) is 10.9 Å². The highest BCUT2D eigenvalue weighted by molar-refractivity contribution is 7.89. The van der Waals surface area contributed by atoms with Crippen molar-refractivity contribution >= 4 is 44.1 Å². The Morgan fingerprint density at radius 3 is 2.66 bits per heavy atom. The summed E-state index contributed by atoms with van der Waals surface area (Å²) in [4.78, 5) is 14.5. The van der Waals surface area contributed by atoms with Gasteiger partial charge in [0.25, 0.3) is 0 Å². The van der Waals surface area contributed by atoms with E-state index in [1.165, 1.54) is 6.07 Å². The number of amides is 1. The second kappa shape index (κ2) is 9.16. The molecule has 11 heteroatoms. The highest BCUT2D eigenvalue weighted by Crippen LogP contribution is 2.27. The number of carbonyl (C=O) groups is 1. The molecule has 0 atom stereocenters. The van der Waals surface area contributed by atoms with Gasteiger partial charge in [-0.3, -0.25) is 14.4 Å². The number of aliphatic hydroxyl groups is 1. The van der Waals surface area contributed by atoms with Gasteiger partial charge in [0.05, 0.1) is 29.6 Å². The maximum Gasteiger partial charge on any atom is 0.238 e. The largest absolute Gasteiger partial charge is 0.393 e. The average molecular weight is 478 g/mol. The first kappa shape index (κ1) is 22.7. The van der Waals surface area contributed by atoms with Gasteiger partial charge in [-0.05, 0) is 36.6 Å². The Hall–Kier alpha value is -2.50. The number of sulfonamides is 1. The molecular weight excluding hydrogens is 454 g/mol. The predicted molar refractivity (Wildman–Crippen MR) is 122 cm³/mol. The normalized spacial score (nSPS) is 15.8. The number of carbonyl (C=O) groups excluding carboxylic acids is 1. The lowest BCUT2D eigenvalue weighted by Crippen LogP contribution is -2.37. The summed E-state index contributed by atoms with van der Waals surface area (Å²) < 4.78 is 26.1. The lowest BCUT2D eigenvalue weighted by Gasteiger charge is -2.29. The first-order valence-electron chi connectivity index (χ1n) is 10.2. The number of nitrogens with one attached hydrogen (secondary N) is 1. The van der Waals surface area contributed by atoms with Gasteiger partial charge in [0.1, 0.15) is 0 Å². The molecule has 9 nitrogen and oxygen atoms in total. The summed E-state index contributed by atoms with van der Waals surface area (Å²) >= 11 is 6.12. The molecule has 0 radical (unpaired) electrons. The van der Waals surface area contributed by atoms with Crippen LogP contribution in [0.4, 0.5) is 5.69 Å². The van der Waals surface area contributed by atoms with Crippen molar-refractivity contribution in [1.29, 1.82) is 0 Å². The maximum atomic E-state index is 12.5. The summed E-state index contributed by atoms with van der Waals surface area (Å²) in [6.45, 7) is 1.91. The molecule has 4 N–H and O–H groups in total. The zero-order valence-corrected chi connectivity index (χ0v) is 18.8. The molecule has 1 aliphatic rings. The summed E-state index contributed by atoms with van der Waals surface area (Å²) in [5.41, 5.74) is 1.35. The van der Waals surface area contributed by atoms with E-state index in [1.54, 1.807) is 41.2 Å². The number of hydrogen-bond donors (Lipinski definition) is 3. The van der Waals surface area contributed by atoms with E-state index in [4.69, 9.17) is 16.7 Å². The van der Waals surface area contributed by atoms with Crippen LogP contribution in [0.5, 0.6) is 0 Å². The van der Waals surface area contributed by atoms with E-state index in [1.807, 2.05) is 0 Å². The monoisotopic (exact) mass is 477 g/mol. The first-order valence-corrected chi connectivity index (χ1v) is 12.1. The van der Waals surface area contributed by atoms with Crippen molar-refractivity contribution < 1.29 is 18.3 Å². The summed E-state index contributed by atoms with van der Waals surface area (Å²) in [7, 11) is -4.05. The number of hydrogen-bond acceptors (Lipinski definition) is 6. The van der Waals surface area contributed by atoms with Gasteiger partial charge in [-0.25, -0.2) is 13.6 Å². The molecule has 32 heavy (non-hydrogen) atoms. The number of fused-ring (bicyclic) bond motifs is 1. The third-order valence-corrected chi connectivity index (χ3v) is 6.76. The van der Waals surface area contributed by atoms with Gasteiger partial charge in [-0.15, -0.1) is 0 Å². The SMILES string of the molecule is NS(=O)(=O)c1cc(NC(=O)Cc2ccccc2Cl)cc2nn(CN3CCC(O)CC3)cc12. The summed E-state index contributed by atoms with van der Waals surface area (Å²) in [6.07, 6.45) is 2.76. The smallest absolute Gasteiger partial charge is 0.238 e. The molecule has 170 valence electrons. The Balaban J connectivity index is 1.59. The Morgan fingerprint density at radius 1 is 1.25 bits per heavy atom. The number of aromatic nitrogens is 2. The van der Waals surface area contributed by atoms with Crippen LogP contribution in [0.1, 0.15) is 18.4 Å².